The molecule has 0 bridgehead atoms. The first-order chi connectivity index (χ1) is 4.25. The van der Waals surface area contributed by atoms with Crippen molar-refractivity contribution in [2.45, 2.75) is 0 Å². The van der Waals surface area contributed by atoms with E-state index in [0.29, 0.717) is 11.4 Å². The maximum absolute atomic E-state index is 5.43. The molecular weight excluding hydrogens is 114 g/mol. The lowest BCUT2D eigenvalue weighted by molar-refractivity contribution is 0.758. The Bertz CT molecular complexity index is 234. The molecular formula is C6H7N3. The van der Waals surface area contributed by atoms with Crippen LogP contribution in [-0.2, 0) is 7.05 Å². The van der Waals surface area contributed by atoms with Crippen LogP contribution < -0.4 is 5.73 Å². The van der Waals surface area contributed by atoms with Crippen molar-refractivity contribution in [1.29, 1.82) is 0 Å². The van der Waals surface area contributed by atoms with Crippen molar-refractivity contribution >= 4 is 5.69 Å². The number of terminal acetylenes is 1. The number of anilines is 1. The van der Waals surface area contributed by atoms with Gasteiger partial charge < -0.3 is 5.73 Å². The Labute approximate surface area is 53.5 Å². The molecule has 0 aliphatic heterocycles. The molecule has 0 aromatic carbocycles. The van der Waals surface area contributed by atoms with Gasteiger partial charge in [0.25, 0.3) is 0 Å². The Kier molecular flexibility index (Phi) is 1.16. The third-order valence-electron chi connectivity index (χ3n) is 1.10. The van der Waals surface area contributed by atoms with Crippen molar-refractivity contribution in [2.75, 3.05) is 5.73 Å². The second kappa shape index (κ2) is 1.82. The molecule has 9 heavy (non-hydrogen) atoms. The van der Waals surface area contributed by atoms with E-state index in [1.165, 1.54) is 6.20 Å². The highest BCUT2D eigenvalue weighted by atomic mass is 15.3. The zero-order valence-corrected chi connectivity index (χ0v) is 5.13. The van der Waals surface area contributed by atoms with Crippen LogP contribution in [0.25, 0.3) is 0 Å². The Hall–Kier alpha value is -1.43. The Balaban J connectivity index is 3.27. The van der Waals surface area contributed by atoms with Crippen molar-refractivity contribution in [3.8, 4) is 12.3 Å². The molecule has 0 aliphatic rings. The minimum absolute atomic E-state index is 0.556. The fraction of sp³-hybridized carbons (Fsp3) is 0.167. The topological polar surface area (TPSA) is 43.8 Å². The highest BCUT2D eigenvalue weighted by Gasteiger charge is 1.98. The van der Waals surface area contributed by atoms with Crippen LogP contribution in [0.1, 0.15) is 5.69 Å². The van der Waals surface area contributed by atoms with Crippen LogP contribution in [-0.4, -0.2) is 9.78 Å². The Morgan fingerprint density at radius 1 is 1.89 bits per heavy atom. The van der Waals surface area contributed by atoms with Crippen LogP contribution in [0.5, 0.6) is 0 Å². The van der Waals surface area contributed by atoms with Crippen molar-refractivity contribution < 1.29 is 0 Å². The summed E-state index contributed by atoms with van der Waals surface area (Å²) in [5.41, 5.74) is 6.62. The fourth-order valence-corrected chi connectivity index (χ4v) is 0.631. The number of aryl methyl sites for hydroxylation is 1. The summed E-state index contributed by atoms with van der Waals surface area (Å²) < 4.78 is 1.56. The van der Waals surface area contributed by atoms with Gasteiger partial charge in [-0.1, -0.05) is 0 Å². The highest BCUT2D eigenvalue weighted by molar-refractivity contribution is 5.49. The standard InChI is InChI=1S/C6H7N3/c1-3-6-5(7)4-8-9(6)2/h1,4H,7H2,2H3. The molecule has 46 valence electrons. The smallest absolute Gasteiger partial charge is 0.133 e. The first-order valence-electron chi connectivity index (χ1n) is 2.50. The average Bonchev–Trinajstić information content (AvgIpc) is 2.12. The lowest BCUT2D eigenvalue weighted by atomic mass is 10.4. The molecule has 1 rings (SSSR count). The van der Waals surface area contributed by atoms with Gasteiger partial charge in [-0.25, -0.2) is 0 Å². The van der Waals surface area contributed by atoms with Crippen molar-refractivity contribution in [2.24, 2.45) is 7.05 Å². The van der Waals surface area contributed by atoms with Gasteiger partial charge in [-0.15, -0.1) is 6.42 Å². The number of hydrogen-bond donors (Lipinski definition) is 1. The summed E-state index contributed by atoms with van der Waals surface area (Å²) in [6, 6.07) is 0. The zero-order valence-electron chi connectivity index (χ0n) is 5.13. The summed E-state index contributed by atoms with van der Waals surface area (Å²) in [6.07, 6.45) is 6.64. The van der Waals surface area contributed by atoms with Gasteiger partial charge in [0.1, 0.15) is 5.69 Å². The molecule has 0 atom stereocenters. The number of nitrogens with two attached hydrogens (primary N) is 1. The molecule has 0 radical (unpaired) electrons. The third kappa shape index (κ3) is 0.745. The van der Waals surface area contributed by atoms with E-state index >= 15 is 0 Å². The van der Waals surface area contributed by atoms with E-state index in [1.807, 2.05) is 0 Å². The van der Waals surface area contributed by atoms with Gasteiger partial charge in [0.15, 0.2) is 0 Å². The zero-order chi connectivity index (χ0) is 6.85. The van der Waals surface area contributed by atoms with Gasteiger partial charge in [-0.3, -0.25) is 4.68 Å². The number of rotatable bonds is 0. The summed E-state index contributed by atoms with van der Waals surface area (Å²) >= 11 is 0. The molecule has 0 aliphatic carbocycles. The predicted octanol–water partition coefficient (Wildman–Crippen LogP) is -0.0164. The first kappa shape index (κ1) is 5.70. The van der Waals surface area contributed by atoms with E-state index in [-0.39, 0.29) is 0 Å². The molecule has 0 fully saturated rings. The molecule has 1 aromatic rings. The SMILES string of the molecule is C#Cc1c(N)cnn1C. The maximum Gasteiger partial charge on any atom is 0.133 e. The quantitative estimate of drug-likeness (QED) is 0.490. The Morgan fingerprint density at radius 3 is 2.78 bits per heavy atom. The van der Waals surface area contributed by atoms with Gasteiger partial charge in [-0.2, -0.15) is 5.10 Å². The summed E-state index contributed by atoms with van der Waals surface area (Å²) in [5, 5.41) is 3.84. The van der Waals surface area contributed by atoms with E-state index in [1.54, 1.807) is 11.7 Å². The monoisotopic (exact) mass is 121 g/mol. The van der Waals surface area contributed by atoms with Crippen LogP contribution >= 0.6 is 0 Å². The van der Waals surface area contributed by atoms with Crippen molar-refractivity contribution in [1.82, 2.24) is 9.78 Å². The molecule has 3 nitrogen and oxygen atoms in total. The van der Waals surface area contributed by atoms with Gasteiger partial charge in [-0.05, 0) is 5.92 Å². The second-order valence-electron chi connectivity index (χ2n) is 1.72. The maximum atomic E-state index is 5.43. The van der Waals surface area contributed by atoms with E-state index in [9.17, 15) is 0 Å². The van der Waals surface area contributed by atoms with Gasteiger partial charge in [0.2, 0.25) is 0 Å². The summed E-state index contributed by atoms with van der Waals surface area (Å²) in [7, 11) is 1.76. The first-order valence-corrected chi connectivity index (χ1v) is 2.50. The van der Waals surface area contributed by atoms with Crippen LogP contribution in [0.3, 0.4) is 0 Å². The third-order valence-corrected chi connectivity index (χ3v) is 1.10. The fourth-order valence-electron chi connectivity index (χ4n) is 0.631. The van der Waals surface area contributed by atoms with E-state index in [2.05, 4.69) is 11.0 Å². The molecule has 1 heterocycles. The van der Waals surface area contributed by atoms with Gasteiger partial charge in [0, 0.05) is 7.05 Å². The van der Waals surface area contributed by atoms with E-state index in [0.717, 1.165) is 0 Å². The normalized spacial score (nSPS) is 8.89. The number of nitrogens with zero attached hydrogens (tertiary/aromatic N) is 2. The molecule has 0 saturated carbocycles. The summed E-state index contributed by atoms with van der Waals surface area (Å²) in [4.78, 5) is 0. The Morgan fingerprint density at radius 2 is 2.56 bits per heavy atom. The van der Waals surface area contributed by atoms with Crippen LogP contribution in [0.2, 0.25) is 0 Å². The van der Waals surface area contributed by atoms with Crippen LogP contribution in [0.15, 0.2) is 6.20 Å². The number of nitrogen functional groups attached to an aromatic ring is 1. The van der Waals surface area contributed by atoms with Gasteiger partial charge in [0.05, 0.1) is 11.9 Å². The summed E-state index contributed by atoms with van der Waals surface area (Å²) in [6.45, 7) is 0. The molecule has 0 unspecified atom stereocenters. The number of aromatic nitrogens is 2. The molecule has 0 amide bonds. The highest BCUT2D eigenvalue weighted by Crippen LogP contribution is 2.05. The molecule has 2 N–H and O–H groups in total. The molecule has 0 saturated heterocycles. The van der Waals surface area contributed by atoms with Crippen LogP contribution in [0, 0.1) is 12.3 Å². The molecule has 0 spiro atoms. The lowest BCUT2D eigenvalue weighted by Crippen LogP contribution is -1.95. The van der Waals surface area contributed by atoms with Crippen LogP contribution in [0.4, 0.5) is 5.69 Å². The lowest BCUT2D eigenvalue weighted by Gasteiger charge is -1.89. The molecule has 3 heteroatoms. The predicted molar refractivity (Wildman–Crippen MR) is 35.6 cm³/mol. The minimum Gasteiger partial charge on any atom is -0.395 e. The second-order valence-corrected chi connectivity index (χ2v) is 1.72. The van der Waals surface area contributed by atoms with E-state index in [4.69, 9.17) is 12.2 Å². The largest absolute Gasteiger partial charge is 0.395 e. The van der Waals surface area contributed by atoms with Gasteiger partial charge >= 0.3 is 0 Å². The van der Waals surface area contributed by atoms with Crippen molar-refractivity contribution in [3.63, 3.8) is 0 Å². The van der Waals surface area contributed by atoms with Crippen molar-refractivity contribution in [3.05, 3.63) is 11.9 Å². The number of hydrogen-bond acceptors (Lipinski definition) is 2. The summed E-state index contributed by atoms with van der Waals surface area (Å²) in [5.74, 6) is 2.42. The average molecular weight is 121 g/mol. The minimum atomic E-state index is 0.556. The van der Waals surface area contributed by atoms with E-state index < -0.39 is 0 Å². The molecule has 1 aromatic heterocycles.